The number of thiophene rings is 2. The normalized spacial score (nSPS) is 10.5. The fraction of sp³-hybridized carbons (Fsp3) is 0.333. The largest absolute Gasteiger partial charge is 0.278 e. The summed E-state index contributed by atoms with van der Waals surface area (Å²) in [5.74, 6) is 0. The lowest BCUT2D eigenvalue weighted by Crippen LogP contribution is -1.99. The van der Waals surface area contributed by atoms with Crippen molar-refractivity contribution in [2.24, 2.45) is 0 Å². The molecule has 0 aliphatic carbocycles. The Bertz CT molecular complexity index is 451. The second-order valence-electron chi connectivity index (χ2n) is 3.83. The number of hydrogen-bond donors (Lipinski definition) is 0. The lowest BCUT2D eigenvalue weighted by atomic mass is 10.2. The van der Waals surface area contributed by atoms with Crippen LogP contribution in [0.3, 0.4) is 0 Å². The third-order valence-electron chi connectivity index (χ3n) is 2.67. The molecule has 0 aliphatic heterocycles. The molecule has 0 bridgehead atoms. The van der Waals surface area contributed by atoms with E-state index in [4.69, 9.17) is 9.78 Å². The van der Waals surface area contributed by atoms with E-state index in [2.05, 4.69) is 24.6 Å². The van der Waals surface area contributed by atoms with Crippen molar-refractivity contribution >= 4 is 22.7 Å². The van der Waals surface area contributed by atoms with E-state index in [1.807, 2.05) is 13.8 Å². The van der Waals surface area contributed by atoms with Crippen LogP contribution < -0.4 is 9.78 Å². The Kier molecular flexibility index (Phi) is 3.21. The summed E-state index contributed by atoms with van der Waals surface area (Å²) in [4.78, 5) is 10.7. The monoisotopic (exact) mass is 254 g/mol. The van der Waals surface area contributed by atoms with Gasteiger partial charge in [0.25, 0.3) is 0 Å². The number of rotatable bonds is 3. The molecule has 4 heteroatoms. The van der Waals surface area contributed by atoms with Crippen molar-refractivity contribution in [2.45, 2.75) is 27.7 Å². The van der Waals surface area contributed by atoms with Crippen LogP contribution in [0, 0.1) is 27.7 Å². The summed E-state index contributed by atoms with van der Waals surface area (Å²) in [7, 11) is 0. The SMILES string of the molecule is Cc1csc(OOc2scc(C)c2C)c1C. The van der Waals surface area contributed by atoms with Crippen LogP contribution in [0.25, 0.3) is 0 Å². The Labute approximate surface area is 103 Å². The topological polar surface area (TPSA) is 18.5 Å². The summed E-state index contributed by atoms with van der Waals surface area (Å²) in [5.41, 5.74) is 4.78. The zero-order valence-corrected chi connectivity index (χ0v) is 11.4. The van der Waals surface area contributed by atoms with E-state index >= 15 is 0 Å². The van der Waals surface area contributed by atoms with E-state index in [-0.39, 0.29) is 0 Å². The molecule has 0 N–H and O–H groups in total. The van der Waals surface area contributed by atoms with Crippen molar-refractivity contribution in [1.82, 2.24) is 0 Å². The first kappa shape index (κ1) is 11.5. The van der Waals surface area contributed by atoms with Crippen LogP contribution in [-0.4, -0.2) is 0 Å². The zero-order chi connectivity index (χ0) is 11.7. The van der Waals surface area contributed by atoms with Gasteiger partial charge >= 0.3 is 0 Å². The summed E-state index contributed by atoms with van der Waals surface area (Å²) in [5, 5.41) is 5.81. The molecule has 0 aliphatic rings. The van der Waals surface area contributed by atoms with E-state index in [9.17, 15) is 0 Å². The van der Waals surface area contributed by atoms with Crippen LogP contribution in [-0.2, 0) is 0 Å². The highest BCUT2D eigenvalue weighted by molar-refractivity contribution is 7.12. The Hall–Kier alpha value is -1.00. The summed E-state index contributed by atoms with van der Waals surface area (Å²) in [6, 6.07) is 0. The van der Waals surface area contributed by atoms with Crippen molar-refractivity contribution in [3.63, 3.8) is 0 Å². The van der Waals surface area contributed by atoms with Gasteiger partial charge in [0.05, 0.1) is 0 Å². The van der Waals surface area contributed by atoms with Crippen LogP contribution in [0.2, 0.25) is 0 Å². The average Bonchev–Trinajstić information content (AvgIpc) is 2.74. The fourth-order valence-electron chi connectivity index (χ4n) is 1.20. The first-order chi connectivity index (χ1) is 7.59. The van der Waals surface area contributed by atoms with Crippen molar-refractivity contribution < 1.29 is 9.78 Å². The van der Waals surface area contributed by atoms with Crippen molar-refractivity contribution in [3.8, 4) is 10.1 Å². The third-order valence-corrected chi connectivity index (χ3v) is 4.79. The van der Waals surface area contributed by atoms with Gasteiger partial charge in [0.1, 0.15) is 0 Å². The minimum absolute atomic E-state index is 0.836. The van der Waals surface area contributed by atoms with E-state index in [0.29, 0.717) is 0 Å². The molecule has 0 saturated heterocycles. The molecule has 2 heterocycles. The van der Waals surface area contributed by atoms with Crippen LogP contribution in [0.15, 0.2) is 10.8 Å². The van der Waals surface area contributed by atoms with Gasteiger partial charge in [-0.05, 0) is 49.6 Å². The molecule has 0 atom stereocenters. The Morgan fingerprint density at radius 2 is 1.12 bits per heavy atom. The van der Waals surface area contributed by atoms with Gasteiger partial charge in [0, 0.05) is 11.1 Å². The molecular formula is C12H14O2S2. The molecule has 0 fully saturated rings. The predicted octanol–water partition coefficient (Wildman–Crippen LogP) is 4.42. The second kappa shape index (κ2) is 4.47. The maximum absolute atomic E-state index is 5.37. The molecule has 2 aromatic rings. The smallest absolute Gasteiger partial charge is 0.235 e. The van der Waals surface area contributed by atoms with Gasteiger partial charge in [-0.15, -0.1) is 22.7 Å². The Morgan fingerprint density at radius 3 is 1.38 bits per heavy atom. The highest BCUT2D eigenvalue weighted by Crippen LogP contribution is 2.33. The summed E-state index contributed by atoms with van der Waals surface area (Å²) in [6.07, 6.45) is 0. The maximum Gasteiger partial charge on any atom is 0.235 e. The number of aryl methyl sites for hydroxylation is 2. The van der Waals surface area contributed by atoms with Crippen molar-refractivity contribution in [2.75, 3.05) is 0 Å². The standard InChI is InChI=1S/C12H14O2S2/c1-7-5-15-11(9(7)3)13-14-12-10(4)8(2)6-16-12/h5-6H,1-4H3. The summed E-state index contributed by atoms with van der Waals surface area (Å²) < 4.78 is 0. The molecule has 0 spiro atoms. The third kappa shape index (κ3) is 2.08. The van der Waals surface area contributed by atoms with Gasteiger partial charge in [-0.3, -0.25) is 9.78 Å². The number of hydrogen-bond acceptors (Lipinski definition) is 4. The quantitative estimate of drug-likeness (QED) is 0.596. The highest BCUT2D eigenvalue weighted by atomic mass is 32.1. The van der Waals surface area contributed by atoms with Crippen molar-refractivity contribution in [3.05, 3.63) is 33.0 Å². The highest BCUT2D eigenvalue weighted by Gasteiger charge is 2.10. The van der Waals surface area contributed by atoms with Crippen LogP contribution in [0.4, 0.5) is 0 Å². The van der Waals surface area contributed by atoms with Gasteiger partial charge in [-0.25, -0.2) is 0 Å². The van der Waals surface area contributed by atoms with Gasteiger partial charge in [0.15, 0.2) is 0 Å². The molecule has 0 saturated carbocycles. The van der Waals surface area contributed by atoms with Crippen LogP contribution in [0.5, 0.6) is 10.1 Å². The first-order valence-electron chi connectivity index (χ1n) is 5.03. The molecular weight excluding hydrogens is 240 g/mol. The molecule has 0 radical (unpaired) electrons. The minimum atomic E-state index is 0.836. The molecule has 2 rings (SSSR count). The molecule has 16 heavy (non-hydrogen) atoms. The molecule has 2 aromatic heterocycles. The lowest BCUT2D eigenvalue weighted by molar-refractivity contribution is -0.0933. The lowest BCUT2D eigenvalue weighted by Gasteiger charge is -2.03. The van der Waals surface area contributed by atoms with Gasteiger partial charge in [-0.2, -0.15) is 0 Å². The molecule has 2 nitrogen and oxygen atoms in total. The second-order valence-corrected chi connectivity index (χ2v) is 5.51. The maximum atomic E-state index is 5.37. The van der Waals surface area contributed by atoms with E-state index in [1.165, 1.54) is 11.1 Å². The molecule has 0 unspecified atom stereocenters. The minimum Gasteiger partial charge on any atom is -0.278 e. The van der Waals surface area contributed by atoms with Crippen LogP contribution in [0.1, 0.15) is 22.3 Å². The van der Waals surface area contributed by atoms with Gasteiger partial charge in [0.2, 0.25) is 10.1 Å². The van der Waals surface area contributed by atoms with Crippen LogP contribution >= 0.6 is 22.7 Å². The summed E-state index contributed by atoms with van der Waals surface area (Å²) >= 11 is 3.13. The first-order valence-corrected chi connectivity index (χ1v) is 6.79. The fourth-order valence-corrected chi connectivity index (χ4v) is 2.94. The Balaban J connectivity index is 2.08. The molecule has 86 valence electrons. The van der Waals surface area contributed by atoms with Crippen molar-refractivity contribution in [1.29, 1.82) is 0 Å². The van der Waals surface area contributed by atoms with E-state index < -0.39 is 0 Å². The molecule has 0 aromatic carbocycles. The van der Waals surface area contributed by atoms with Gasteiger partial charge < -0.3 is 0 Å². The van der Waals surface area contributed by atoms with Gasteiger partial charge in [-0.1, -0.05) is 0 Å². The molecule has 0 amide bonds. The average molecular weight is 254 g/mol. The Morgan fingerprint density at radius 1 is 0.750 bits per heavy atom. The van der Waals surface area contributed by atoms with E-state index in [0.717, 1.165) is 21.3 Å². The predicted molar refractivity (Wildman–Crippen MR) is 68.8 cm³/mol. The summed E-state index contributed by atoms with van der Waals surface area (Å²) in [6.45, 7) is 8.21. The zero-order valence-electron chi connectivity index (χ0n) is 9.79. The van der Waals surface area contributed by atoms with E-state index in [1.54, 1.807) is 22.7 Å².